The quantitative estimate of drug-likeness (QED) is 0.397. The normalized spacial score (nSPS) is 14.1. The van der Waals surface area contributed by atoms with Crippen LogP contribution in [0.1, 0.15) is 10.6 Å². The molecule has 1 amide bonds. The third-order valence-electron chi connectivity index (χ3n) is 4.60. The number of furan rings is 1. The van der Waals surface area contributed by atoms with Crippen molar-refractivity contribution >= 4 is 39.0 Å². The lowest BCUT2D eigenvalue weighted by Gasteiger charge is -2.34. The molecule has 1 aliphatic rings. The number of amides is 1. The van der Waals surface area contributed by atoms with Crippen molar-refractivity contribution in [2.45, 2.75) is 0 Å². The molecular weight excluding hydrogens is 446 g/mol. The van der Waals surface area contributed by atoms with E-state index in [-0.39, 0.29) is 11.7 Å². The molecule has 0 spiro atoms. The standard InChI is InChI=1S/C18H19N5O4.H2O4S/c1-26-15-9-11-12(10-13(15)24)20-18(21-16(11)19)23-6-4-22(5-7-23)17(25)14-3-2-8-27-14;1-5(2,3)4/h2-3,8-10,24H,4-7H2,1H3,(H2,19,20,21);(H2,1,2,3,4). The van der Waals surface area contributed by atoms with Crippen LogP contribution in [0.2, 0.25) is 0 Å². The zero-order valence-corrected chi connectivity index (χ0v) is 17.7. The number of benzene rings is 1. The molecule has 0 atom stereocenters. The van der Waals surface area contributed by atoms with Crippen molar-refractivity contribution in [1.29, 1.82) is 0 Å². The minimum absolute atomic E-state index is 0.0112. The zero-order chi connectivity index (χ0) is 23.5. The van der Waals surface area contributed by atoms with E-state index in [0.717, 1.165) is 0 Å². The van der Waals surface area contributed by atoms with E-state index in [4.69, 9.17) is 32.4 Å². The maximum atomic E-state index is 12.4. The molecule has 14 heteroatoms. The van der Waals surface area contributed by atoms with Crippen LogP contribution in [0.25, 0.3) is 10.9 Å². The van der Waals surface area contributed by atoms with Gasteiger partial charge in [0.05, 0.1) is 18.9 Å². The van der Waals surface area contributed by atoms with Gasteiger partial charge in [-0.25, -0.2) is 4.98 Å². The second-order valence-electron chi connectivity index (χ2n) is 6.65. The zero-order valence-electron chi connectivity index (χ0n) is 16.9. The molecule has 0 radical (unpaired) electrons. The molecule has 0 unspecified atom stereocenters. The Labute approximate surface area is 182 Å². The monoisotopic (exact) mass is 467 g/mol. The largest absolute Gasteiger partial charge is 0.504 e. The van der Waals surface area contributed by atoms with Crippen molar-refractivity contribution in [3.63, 3.8) is 0 Å². The van der Waals surface area contributed by atoms with Crippen LogP contribution in [0.3, 0.4) is 0 Å². The number of carbonyl (C=O) groups is 1. The van der Waals surface area contributed by atoms with Gasteiger partial charge in [0.25, 0.3) is 5.91 Å². The van der Waals surface area contributed by atoms with Crippen molar-refractivity contribution in [3.05, 3.63) is 36.3 Å². The minimum Gasteiger partial charge on any atom is -0.504 e. The Morgan fingerprint density at radius 3 is 2.41 bits per heavy atom. The predicted molar refractivity (Wildman–Crippen MR) is 113 cm³/mol. The van der Waals surface area contributed by atoms with Crippen LogP contribution in [0.5, 0.6) is 11.5 Å². The first-order chi connectivity index (χ1) is 15.1. The number of piperazine rings is 1. The summed E-state index contributed by atoms with van der Waals surface area (Å²) in [7, 11) is -3.20. The van der Waals surface area contributed by atoms with Gasteiger partial charge in [0, 0.05) is 37.6 Å². The van der Waals surface area contributed by atoms with Crippen LogP contribution >= 0.6 is 0 Å². The number of nitrogens with zero attached hydrogens (tertiary/aromatic N) is 4. The van der Waals surface area contributed by atoms with Gasteiger partial charge in [-0.15, -0.1) is 0 Å². The van der Waals surface area contributed by atoms with Crippen LogP contribution in [0.4, 0.5) is 11.8 Å². The van der Waals surface area contributed by atoms with Gasteiger partial charge in [-0.2, -0.15) is 13.4 Å². The summed E-state index contributed by atoms with van der Waals surface area (Å²) in [6.45, 7) is 2.18. The average molecular weight is 467 g/mol. The minimum atomic E-state index is -4.67. The SMILES string of the molecule is COc1cc2c(N)nc(N3CCN(C(=O)c4ccco4)CC3)nc2cc1O.O=S(=O)(O)O. The number of rotatable bonds is 3. The topological polar surface area (TPSA) is 193 Å². The van der Waals surface area contributed by atoms with Crippen molar-refractivity contribution in [2.24, 2.45) is 0 Å². The highest BCUT2D eigenvalue weighted by atomic mass is 32.3. The summed E-state index contributed by atoms with van der Waals surface area (Å²) in [5.41, 5.74) is 6.62. The van der Waals surface area contributed by atoms with Crippen LogP contribution in [0, 0.1) is 0 Å². The molecule has 1 aliphatic heterocycles. The van der Waals surface area contributed by atoms with Crippen LogP contribution in [-0.2, 0) is 10.4 Å². The van der Waals surface area contributed by atoms with Gasteiger partial charge in [-0.05, 0) is 18.2 Å². The van der Waals surface area contributed by atoms with E-state index in [9.17, 15) is 9.90 Å². The highest BCUT2D eigenvalue weighted by Crippen LogP contribution is 2.33. The third kappa shape index (κ3) is 5.54. The highest BCUT2D eigenvalue weighted by molar-refractivity contribution is 7.79. The molecule has 32 heavy (non-hydrogen) atoms. The Morgan fingerprint density at radius 1 is 1.19 bits per heavy atom. The number of methoxy groups -OCH3 is 1. The van der Waals surface area contributed by atoms with Gasteiger partial charge < -0.3 is 29.8 Å². The number of nitrogens with two attached hydrogens (primary N) is 1. The fourth-order valence-electron chi connectivity index (χ4n) is 3.13. The van der Waals surface area contributed by atoms with Crippen LogP contribution in [-0.4, -0.2) is 76.7 Å². The molecule has 2 aromatic heterocycles. The van der Waals surface area contributed by atoms with Crippen molar-refractivity contribution in [1.82, 2.24) is 14.9 Å². The molecule has 0 bridgehead atoms. The molecule has 3 aromatic rings. The number of hydrogen-bond acceptors (Lipinski definition) is 10. The van der Waals surface area contributed by atoms with E-state index in [0.29, 0.717) is 60.4 Å². The molecule has 3 heterocycles. The fourth-order valence-corrected chi connectivity index (χ4v) is 3.13. The van der Waals surface area contributed by atoms with E-state index in [1.54, 1.807) is 23.1 Å². The fraction of sp³-hybridized carbons (Fsp3) is 0.278. The number of aromatic hydroxyl groups is 1. The lowest BCUT2D eigenvalue weighted by Crippen LogP contribution is -2.49. The van der Waals surface area contributed by atoms with E-state index < -0.39 is 10.4 Å². The maximum Gasteiger partial charge on any atom is 0.394 e. The first-order valence-electron chi connectivity index (χ1n) is 9.18. The summed E-state index contributed by atoms with van der Waals surface area (Å²) >= 11 is 0. The summed E-state index contributed by atoms with van der Waals surface area (Å²) in [6.07, 6.45) is 1.49. The summed E-state index contributed by atoms with van der Waals surface area (Å²) < 4.78 is 41.9. The number of anilines is 2. The van der Waals surface area contributed by atoms with Gasteiger partial charge >= 0.3 is 10.4 Å². The second kappa shape index (κ2) is 9.25. The smallest absolute Gasteiger partial charge is 0.394 e. The number of fused-ring (bicyclic) bond motifs is 1. The molecule has 0 saturated carbocycles. The lowest BCUT2D eigenvalue weighted by molar-refractivity contribution is 0.0714. The van der Waals surface area contributed by atoms with E-state index in [1.165, 1.54) is 19.4 Å². The Balaban J connectivity index is 0.000000523. The van der Waals surface area contributed by atoms with Crippen LogP contribution in [0.15, 0.2) is 34.9 Å². The number of aromatic nitrogens is 2. The molecule has 1 aromatic carbocycles. The summed E-state index contributed by atoms with van der Waals surface area (Å²) in [6, 6.07) is 6.47. The maximum absolute atomic E-state index is 12.4. The number of nitrogen functional groups attached to an aromatic ring is 1. The lowest BCUT2D eigenvalue weighted by atomic mass is 10.2. The third-order valence-corrected chi connectivity index (χ3v) is 4.60. The number of phenols is 1. The predicted octanol–water partition coefficient (Wildman–Crippen LogP) is 0.829. The van der Waals surface area contributed by atoms with Gasteiger partial charge in [-0.3, -0.25) is 13.9 Å². The average Bonchev–Trinajstić information content (AvgIpc) is 3.26. The van der Waals surface area contributed by atoms with Crippen LogP contribution < -0.4 is 15.4 Å². The van der Waals surface area contributed by atoms with Gasteiger partial charge in [0.2, 0.25) is 5.95 Å². The van der Waals surface area contributed by atoms with Gasteiger partial charge in [-0.1, -0.05) is 0 Å². The second-order valence-corrected chi connectivity index (χ2v) is 7.55. The molecule has 13 nitrogen and oxygen atoms in total. The highest BCUT2D eigenvalue weighted by Gasteiger charge is 2.25. The van der Waals surface area contributed by atoms with Crippen molar-refractivity contribution < 1.29 is 36.6 Å². The molecule has 4 rings (SSSR count). The molecule has 0 aliphatic carbocycles. The summed E-state index contributed by atoms with van der Waals surface area (Å²) in [5, 5.41) is 10.6. The molecular formula is C18H21N5O8S. The van der Waals surface area contributed by atoms with Crippen molar-refractivity contribution in [3.8, 4) is 11.5 Å². The molecule has 1 saturated heterocycles. The summed E-state index contributed by atoms with van der Waals surface area (Å²) in [4.78, 5) is 24.9. The van der Waals surface area contributed by atoms with E-state index >= 15 is 0 Å². The van der Waals surface area contributed by atoms with E-state index in [1.807, 2.05) is 4.90 Å². The number of phenolic OH excluding ortho intramolecular Hbond substituents is 1. The molecule has 172 valence electrons. The number of carbonyl (C=O) groups excluding carboxylic acids is 1. The Bertz CT molecular complexity index is 1200. The Kier molecular flexibility index (Phi) is 6.67. The first kappa shape index (κ1) is 23.1. The Morgan fingerprint density at radius 2 is 1.84 bits per heavy atom. The number of ether oxygens (including phenoxy) is 1. The first-order valence-corrected chi connectivity index (χ1v) is 10.6. The molecule has 1 fully saturated rings. The number of hydrogen-bond donors (Lipinski definition) is 4. The van der Waals surface area contributed by atoms with Gasteiger partial charge in [0.15, 0.2) is 17.3 Å². The van der Waals surface area contributed by atoms with Crippen molar-refractivity contribution in [2.75, 3.05) is 43.9 Å². The molecule has 5 N–H and O–H groups in total. The van der Waals surface area contributed by atoms with E-state index in [2.05, 4.69) is 9.97 Å². The van der Waals surface area contributed by atoms with Gasteiger partial charge in [0.1, 0.15) is 5.82 Å². The summed E-state index contributed by atoms with van der Waals surface area (Å²) in [5.74, 6) is 1.28. The Hall–Kier alpha value is -3.62.